The summed E-state index contributed by atoms with van der Waals surface area (Å²) in [4.78, 5) is 38.6. The number of carbonyl (C=O) groups is 3. The molecule has 3 rings (SSSR count). The monoisotopic (exact) mass is 373 g/mol. The predicted octanol–water partition coefficient (Wildman–Crippen LogP) is 3.51. The molecule has 1 aliphatic carbocycles. The molecule has 1 saturated carbocycles. The summed E-state index contributed by atoms with van der Waals surface area (Å²) in [6.07, 6.45) is 0.659. The molecule has 0 radical (unpaired) electrons. The summed E-state index contributed by atoms with van der Waals surface area (Å²) in [6.45, 7) is 5.35. The van der Waals surface area contributed by atoms with Gasteiger partial charge in [0, 0.05) is 18.8 Å². The summed E-state index contributed by atoms with van der Waals surface area (Å²) in [5.41, 5.74) is 0.393. The number of ether oxygens (including phenoxy) is 2. The predicted molar refractivity (Wildman–Crippen MR) is 98.9 cm³/mol. The van der Waals surface area contributed by atoms with E-state index in [4.69, 9.17) is 9.47 Å². The fourth-order valence-corrected chi connectivity index (χ4v) is 4.44. The van der Waals surface area contributed by atoms with Crippen LogP contribution in [0.25, 0.3) is 0 Å². The van der Waals surface area contributed by atoms with Gasteiger partial charge in [-0.25, -0.2) is 9.69 Å². The highest BCUT2D eigenvalue weighted by Crippen LogP contribution is 2.52. The minimum atomic E-state index is -0.679. The number of imide groups is 1. The Hall–Kier alpha value is -2.37. The van der Waals surface area contributed by atoms with Gasteiger partial charge in [0.25, 0.3) is 0 Å². The number of carbonyl (C=O) groups excluding carboxylic acids is 3. The maximum Gasteiger partial charge on any atom is 0.417 e. The van der Waals surface area contributed by atoms with E-state index in [-0.39, 0.29) is 48.5 Å². The van der Waals surface area contributed by atoms with Gasteiger partial charge in [-0.15, -0.1) is 0 Å². The number of benzene rings is 1. The summed E-state index contributed by atoms with van der Waals surface area (Å²) in [5.74, 6) is -0.575. The first kappa shape index (κ1) is 19.4. The van der Waals surface area contributed by atoms with E-state index in [2.05, 4.69) is 0 Å². The Morgan fingerprint density at radius 1 is 1.19 bits per heavy atom. The van der Waals surface area contributed by atoms with Crippen molar-refractivity contribution in [2.45, 2.75) is 57.6 Å². The quantitative estimate of drug-likeness (QED) is 0.758. The van der Waals surface area contributed by atoms with Gasteiger partial charge in [-0.1, -0.05) is 30.3 Å². The van der Waals surface area contributed by atoms with Gasteiger partial charge >= 0.3 is 12.1 Å². The van der Waals surface area contributed by atoms with Crippen LogP contribution in [0.4, 0.5) is 4.79 Å². The molecule has 1 aromatic rings. The molecule has 2 aliphatic rings. The number of amides is 2. The van der Waals surface area contributed by atoms with Crippen molar-refractivity contribution in [3.63, 3.8) is 0 Å². The number of methoxy groups -OCH3 is 1. The highest BCUT2D eigenvalue weighted by Gasteiger charge is 2.56. The number of hydrogen-bond acceptors (Lipinski definition) is 5. The number of rotatable bonds is 3. The van der Waals surface area contributed by atoms with Gasteiger partial charge in [-0.2, -0.15) is 0 Å². The van der Waals surface area contributed by atoms with E-state index in [1.165, 1.54) is 12.0 Å². The molecule has 4 atom stereocenters. The fraction of sp³-hybridized carbons (Fsp3) is 0.571. The summed E-state index contributed by atoms with van der Waals surface area (Å²) >= 11 is 0. The normalized spacial score (nSPS) is 27.4. The van der Waals surface area contributed by atoms with Crippen LogP contribution in [0, 0.1) is 11.8 Å². The SMILES string of the molecule is COC(=O)C[C@@H]1C[C@@H](c2ccccc2)[C@H]2[C@@H]1CC(=O)N2C(=O)OC(C)(C)C. The van der Waals surface area contributed by atoms with Crippen LogP contribution < -0.4 is 0 Å². The van der Waals surface area contributed by atoms with Crippen molar-refractivity contribution >= 4 is 18.0 Å². The van der Waals surface area contributed by atoms with Crippen molar-refractivity contribution < 1.29 is 23.9 Å². The molecular weight excluding hydrogens is 346 g/mol. The van der Waals surface area contributed by atoms with E-state index in [0.717, 1.165) is 12.0 Å². The highest BCUT2D eigenvalue weighted by molar-refractivity contribution is 5.95. The van der Waals surface area contributed by atoms with Gasteiger partial charge in [-0.3, -0.25) is 9.59 Å². The van der Waals surface area contributed by atoms with Crippen LogP contribution in [0.1, 0.15) is 51.5 Å². The zero-order chi connectivity index (χ0) is 19.8. The molecule has 1 aliphatic heterocycles. The third-order valence-electron chi connectivity index (χ3n) is 5.46. The largest absolute Gasteiger partial charge is 0.469 e. The van der Waals surface area contributed by atoms with Crippen LogP contribution in [0.15, 0.2) is 30.3 Å². The van der Waals surface area contributed by atoms with Crippen molar-refractivity contribution in [2.24, 2.45) is 11.8 Å². The van der Waals surface area contributed by atoms with Crippen LogP contribution >= 0.6 is 0 Å². The van der Waals surface area contributed by atoms with Crippen LogP contribution in [0.5, 0.6) is 0 Å². The van der Waals surface area contributed by atoms with Crippen LogP contribution in [-0.2, 0) is 19.1 Å². The number of hydrogen-bond donors (Lipinski definition) is 0. The third-order valence-corrected chi connectivity index (χ3v) is 5.46. The summed E-state index contributed by atoms with van der Waals surface area (Å²) < 4.78 is 10.3. The molecule has 0 bridgehead atoms. The molecule has 0 spiro atoms. The molecule has 1 saturated heterocycles. The zero-order valence-corrected chi connectivity index (χ0v) is 16.3. The Balaban J connectivity index is 1.93. The van der Waals surface area contributed by atoms with Gasteiger partial charge < -0.3 is 9.47 Å². The molecular formula is C21H27NO5. The van der Waals surface area contributed by atoms with Gasteiger partial charge in [-0.05, 0) is 44.6 Å². The Bertz CT molecular complexity index is 724. The van der Waals surface area contributed by atoms with Gasteiger partial charge in [0.1, 0.15) is 5.60 Å². The number of likely N-dealkylation sites (tertiary alicyclic amines) is 1. The second kappa shape index (κ2) is 7.33. The zero-order valence-electron chi connectivity index (χ0n) is 16.3. The number of fused-ring (bicyclic) bond motifs is 1. The van der Waals surface area contributed by atoms with Crippen molar-refractivity contribution in [3.8, 4) is 0 Å². The van der Waals surface area contributed by atoms with E-state index in [9.17, 15) is 14.4 Å². The first-order chi connectivity index (χ1) is 12.7. The Morgan fingerprint density at radius 2 is 1.85 bits per heavy atom. The molecule has 2 amide bonds. The lowest BCUT2D eigenvalue weighted by Gasteiger charge is -2.30. The summed E-state index contributed by atoms with van der Waals surface area (Å²) in [6, 6.07) is 9.58. The third kappa shape index (κ3) is 3.99. The lowest BCUT2D eigenvalue weighted by Crippen LogP contribution is -2.44. The van der Waals surface area contributed by atoms with Crippen LogP contribution in [0.3, 0.4) is 0 Å². The number of nitrogens with zero attached hydrogens (tertiary/aromatic N) is 1. The first-order valence-electron chi connectivity index (χ1n) is 9.38. The smallest absolute Gasteiger partial charge is 0.417 e. The lowest BCUT2D eigenvalue weighted by atomic mass is 9.90. The number of esters is 1. The van der Waals surface area contributed by atoms with Crippen molar-refractivity contribution in [1.82, 2.24) is 4.90 Å². The second-order valence-corrected chi connectivity index (χ2v) is 8.40. The van der Waals surface area contributed by atoms with E-state index >= 15 is 0 Å². The summed E-state index contributed by atoms with van der Waals surface area (Å²) in [7, 11) is 1.37. The maximum absolute atomic E-state index is 12.8. The van der Waals surface area contributed by atoms with Gasteiger partial charge in [0.2, 0.25) is 5.91 Å². The van der Waals surface area contributed by atoms with Gasteiger partial charge in [0.15, 0.2) is 0 Å². The average molecular weight is 373 g/mol. The Morgan fingerprint density at radius 3 is 2.44 bits per heavy atom. The minimum Gasteiger partial charge on any atom is -0.469 e. The van der Waals surface area contributed by atoms with E-state index in [0.29, 0.717) is 0 Å². The van der Waals surface area contributed by atoms with Crippen molar-refractivity contribution in [2.75, 3.05) is 7.11 Å². The van der Waals surface area contributed by atoms with Crippen molar-refractivity contribution in [3.05, 3.63) is 35.9 Å². The maximum atomic E-state index is 12.8. The minimum absolute atomic E-state index is 0.00374. The standard InChI is InChI=1S/C21H27NO5/c1-21(2,3)27-20(25)22-17(23)12-16-14(11-18(24)26-4)10-15(19(16)22)13-8-6-5-7-9-13/h5-9,14-16,19H,10-12H2,1-4H3/t14-,15-,16+,19-/m0/s1. The van der Waals surface area contributed by atoms with E-state index < -0.39 is 11.7 Å². The topological polar surface area (TPSA) is 72.9 Å². The lowest BCUT2D eigenvalue weighted by molar-refractivity contribution is -0.142. The molecule has 27 heavy (non-hydrogen) atoms. The van der Waals surface area contributed by atoms with Gasteiger partial charge in [0.05, 0.1) is 13.2 Å². The molecule has 0 aromatic heterocycles. The Labute approximate surface area is 159 Å². The van der Waals surface area contributed by atoms with E-state index in [1.54, 1.807) is 20.8 Å². The average Bonchev–Trinajstić information content (AvgIpc) is 3.10. The van der Waals surface area contributed by atoms with Crippen LogP contribution in [-0.4, -0.2) is 41.6 Å². The molecule has 6 heteroatoms. The molecule has 0 N–H and O–H groups in total. The molecule has 146 valence electrons. The van der Waals surface area contributed by atoms with E-state index in [1.807, 2.05) is 30.3 Å². The fourth-order valence-electron chi connectivity index (χ4n) is 4.44. The molecule has 6 nitrogen and oxygen atoms in total. The Kier molecular flexibility index (Phi) is 5.27. The first-order valence-corrected chi connectivity index (χ1v) is 9.38. The van der Waals surface area contributed by atoms with Crippen LogP contribution in [0.2, 0.25) is 0 Å². The summed E-state index contributed by atoms with van der Waals surface area (Å²) in [5, 5.41) is 0. The second-order valence-electron chi connectivity index (χ2n) is 8.40. The van der Waals surface area contributed by atoms with Crippen molar-refractivity contribution in [1.29, 1.82) is 0 Å². The highest BCUT2D eigenvalue weighted by atomic mass is 16.6. The molecule has 0 unspecified atom stereocenters. The molecule has 1 heterocycles. The molecule has 1 aromatic carbocycles. The molecule has 2 fully saturated rings.